The Bertz CT molecular complexity index is 602. The molecule has 0 aliphatic heterocycles. The molecule has 2 rings (SSSR count). The molecule has 0 aromatic heterocycles. The minimum absolute atomic E-state index is 0.0264. The second-order valence-corrected chi connectivity index (χ2v) is 4.65. The number of rotatable bonds is 5. The Balaban J connectivity index is 1.90. The van der Waals surface area contributed by atoms with Gasteiger partial charge in [0.15, 0.2) is 0 Å². The predicted octanol–water partition coefficient (Wildman–Crippen LogP) is 2.88. The second-order valence-electron chi connectivity index (χ2n) is 4.24. The lowest BCUT2D eigenvalue weighted by molar-refractivity contribution is -0.114. The van der Waals surface area contributed by atoms with E-state index in [0.29, 0.717) is 10.7 Å². The highest BCUT2D eigenvalue weighted by Crippen LogP contribution is 2.20. The Labute approximate surface area is 122 Å². The van der Waals surface area contributed by atoms with Gasteiger partial charge in [-0.1, -0.05) is 35.9 Å². The molecule has 104 valence electrons. The van der Waals surface area contributed by atoms with Gasteiger partial charge in [0.25, 0.3) is 0 Å². The summed E-state index contributed by atoms with van der Waals surface area (Å²) in [5.74, 6) is -0.187. The number of halogens is 1. The number of anilines is 2. The molecule has 1 amide bonds. The monoisotopic (exact) mass is 290 g/mol. The lowest BCUT2D eigenvalue weighted by atomic mass is 10.2. The van der Waals surface area contributed by atoms with Crippen LogP contribution in [0.25, 0.3) is 0 Å². The van der Waals surface area contributed by atoms with Crippen molar-refractivity contribution in [3.8, 4) is 0 Å². The Morgan fingerprint density at radius 3 is 2.70 bits per heavy atom. The first kappa shape index (κ1) is 14.4. The topological polar surface area (TPSA) is 61.4 Å². The van der Waals surface area contributed by atoms with Crippen molar-refractivity contribution in [3.05, 3.63) is 59.1 Å². The number of aliphatic hydroxyl groups is 1. The Morgan fingerprint density at radius 1 is 1.15 bits per heavy atom. The number of hydrogen-bond donors (Lipinski definition) is 3. The summed E-state index contributed by atoms with van der Waals surface area (Å²) in [6.07, 6.45) is 0. The van der Waals surface area contributed by atoms with Gasteiger partial charge in [0.1, 0.15) is 0 Å². The zero-order valence-electron chi connectivity index (χ0n) is 10.8. The molecule has 2 aromatic rings. The molecule has 5 heteroatoms. The highest BCUT2D eigenvalue weighted by Gasteiger charge is 2.05. The van der Waals surface area contributed by atoms with Gasteiger partial charge in [0.05, 0.1) is 23.9 Å². The summed E-state index contributed by atoms with van der Waals surface area (Å²) in [7, 11) is 0. The largest absolute Gasteiger partial charge is 0.392 e. The van der Waals surface area contributed by atoms with Crippen LogP contribution in [0.4, 0.5) is 11.4 Å². The first-order valence-electron chi connectivity index (χ1n) is 6.17. The van der Waals surface area contributed by atoms with Gasteiger partial charge < -0.3 is 15.7 Å². The minimum Gasteiger partial charge on any atom is -0.392 e. The van der Waals surface area contributed by atoms with E-state index in [2.05, 4.69) is 10.6 Å². The first-order valence-corrected chi connectivity index (χ1v) is 6.55. The summed E-state index contributed by atoms with van der Waals surface area (Å²) in [6, 6.07) is 14.3. The van der Waals surface area contributed by atoms with Crippen molar-refractivity contribution in [3.63, 3.8) is 0 Å². The van der Waals surface area contributed by atoms with E-state index < -0.39 is 0 Å². The van der Waals surface area contributed by atoms with E-state index in [-0.39, 0.29) is 19.1 Å². The van der Waals surface area contributed by atoms with Crippen LogP contribution in [0.2, 0.25) is 5.02 Å². The summed E-state index contributed by atoms with van der Waals surface area (Å²) in [6.45, 7) is 0.0987. The van der Waals surface area contributed by atoms with Gasteiger partial charge in [-0.2, -0.15) is 0 Å². The van der Waals surface area contributed by atoms with Crippen molar-refractivity contribution < 1.29 is 9.90 Å². The van der Waals surface area contributed by atoms with Crippen molar-refractivity contribution in [2.75, 3.05) is 17.2 Å². The number of hydrogen-bond acceptors (Lipinski definition) is 3. The Hall–Kier alpha value is -2.04. The van der Waals surface area contributed by atoms with Gasteiger partial charge in [-0.05, 0) is 29.8 Å². The second kappa shape index (κ2) is 6.93. The maximum atomic E-state index is 11.8. The van der Waals surface area contributed by atoms with E-state index >= 15 is 0 Å². The smallest absolute Gasteiger partial charge is 0.243 e. The van der Waals surface area contributed by atoms with Gasteiger partial charge in [0.2, 0.25) is 5.91 Å². The molecule has 0 bridgehead atoms. The van der Waals surface area contributed by atoms with Crippen LogP contribution in [0.5, 0.6) is 0 Å². The maximum Gasteiger partial charge on any atom is 0.243 e. The molecule has 3 N–H and O–H groups in total. The van der Waals surface area contributed by atoms with E-state index in [0.717, 1.165) is 11.3 Å². The molecule has 20 heavy (non-hydrogen) atoms. The quantitative estimate of drug-likeness (QED) is 0.793. The Morgan fingerprint density at radius 2 is 1.95 bits per heavy atom. The summed E-state index contributed by atoms with van der Waals surface area (Å²) in [4.78, 5) is 11.8. The number of carbonyl (C=O) groups is 1. The number of benzene rings is 2. The molecule has 0 fully saturated rings. The van der Waals surface area contributed by atoms with Gasteiger partial charge in [-0.25, -0.2) is 0 Å². The van der Waals surface area contributed by atoms with Gasteiger partial charge in [0, 0.05) is 5.69 Å². The molecular weight excluding hydrogens is 276 g/mol. The third kappa shape index (κ3) is 3.98. The number of para-hydroxylation sites is 1. The molecule has 0 aliphatic rings. The maximum absolute atomic E-state index is 11.8. The highest BCUT2D eigenvalue weighted by molar-refractivity contribution is 6.33. The molecule has 0 heterocycles. The summed E-state index contributed by atoms with van der Waals surface area (Å²) in [5, 5.41) is 15.3. The molecule has 2 aromatic carbocycles. The van der Waals surface area contributed by atoms with Crippen molar-refractivity contribution in [2.24, 2.45) is 0 Å². The molecule has 4 nitrogen and oxygen atoms in total. The summed E-state index contributed by atoms with van der Waals surface area (Å²) < 4.78 is 0. The third-order valence-electron chi connectivity index (χ3n) is 2.71. The van der Waals surface area contributed by atoms with Crippen LogP contribution in [0.15, 0.2) is 48.5 Å². The first-order chi connectivity index (χ1) is 9.69. The molecule has 0 spiro atoms. The van der Waals surface area contributed by atoms with Crippen molar-refractivity contribution in [1.29, 1.82) is 0 Å². The normalized spacial score (nSPS) is 10.1. The lowest BCUT2D eigenvalue weighted by Crippen LogP contribution is -2.21. The zero-order chi connectivity index (χ0) is 14.4. The molecular formula is C15H15ClN2O2. The molecule has 0 aliphatic carbocycles. The van der Waals surface area contributed by atoms with Crippen LogP contribution < -0.4 is 10.6 Å². The SMILES string of the molecule is O=C(CNc1cccc(CO)c1)Nc1ccccc1Cl. The van der Waals surface area contributed by atoms with Gasteiger partial charge in [-0.3, -0.25) is 4.79 Å². The van der Waals surface area contributed by atoms with E-state index in [1.54, 1.807) is 30.3 Å². The average Bonchev–Trinajstić information content (AvgIpc) is 2.48. The fourth-order valence-corrected chi connectivity index (χ4v) is 1.90. The van der Waals surface area contributed by atoms with E-state index in [4.69, 9.17) is 16.7 Å². The molecule has 0 unspecified atom stereocenters. The van der Waals surface area contributed by atoms with Crippen LogP contribution in [0.1, 0.15) is 5.56 Å². The predicted molar refractivity (Wildman–Crippen MR) is 80.9 cm³/mol. The lowest BCUT2D eigenvalue weighted by Gasteiger charge is -2.09. The van der Waals surface area contributed by atoms with Crippen molar-refractivity contribution in [1.82, 2.24) is 0 Å². The van der Waals surface area contributed by atoms with Crippen LogP contribution in [-0.4, -0.2) is 17.6 Å². The standard InChI is InChI=1S/C15H15ClN2O2/c16-13-6-1-2-7-14(13)18-15(20)9-17-12-5-3-4-11(8-12)10-19/h1-8,17,19H,9-10H2,(H,18,20). The van der Waals surface area contributed by atoms with E-state index in [9.17, 15) is 4.79 Å². The number of amides is 1. The minimum atomic E-state index is -0.187. The van der Waals surface area contributed by atoms with Crippen LogP contribution in [-0.2, 0) is 11.4 Å². The number of nitrogens with one attached hydrogen (secondary N) is 2. The van der Waals surface area contributed by atoms with Crippen molar-refractivity contribution >= 4 is 28.9 Å². The molecule has 0 saturated heterocycles. The Kier molecular flexibility index (Phi) is 4.98. The van der Waals surface area contributed by atoms with Crippen LogP contribution in [0, 0.1) is 0 Å². The summed E-state index contributed by atoms with van der Waals surface area (Å²) in [5.41, 5.74) is 2.16. The van der Waals surface area contributed by atoms with Crippen LogP contribution in [0.3, 0.4) is 0 Å². The fourth-order valence-electron chi connectivity index (χ4n) is 1.72. The van der Waals surface area contributed by atoms with Crippen LogP contribution >= 0.6 is 11.6 Å². The van der Waals surface area contributed by atoms with E-state index in [1.807, 2.05) is 18.2 Å². The van der Waals surface area contributed by atoms with Gasteiger partial charge in [-0.15, -0.1) is 0 Å². The highest BCUT2D eigenvalue weighted by atomic mass is 35.5. The zero-order valence-corrected chi connectivity index (χ0v) is 11.5. The third-order valence-corrected chi connectivity index (χ3v) is 3.04. The molecule has 0 saturated carbocycles. The molecule has 0 atom stereocenters. The van der Waals surface area contributed by atoms with Gasteiger partial charge >= 0.3 is 0 Å². The number of carbonyl (C=O) groups excluding carboxylic acids is 1. The summed E-state index contributed by atoms with van der Waals surface area (Å²) >= 11 is 5.96. The van der Waals surface area contributed by atoms with Crippen molar-refractivity contribution in [2.45, 2.75) is 6.61 Å². The fraction of sp³-hybridized carbons (Fsp3) is 0.133. The van der Waals surface area contributed by atoms with E-state index in [1.165, 1.54) is 0 Å². The number of aliphatic hydroxyl groups excluding tert-OH is 1. The average molecular weight is 291 g/mol. The molecule has 0 radical (unpaired) electrons.